The van der Waals surface area contributed by atoms with Crippen molar-refractivity contribution < 1.29 is 9.90 Å². The first kappa shape index (κ1) is 12.9. The predicted molar refractivity (Wildman–Crippen MR) is 70.9 cm³/mol. The van der Waals surface area contributed by atoms with E-state index in [0.717, 1.165) is 6.42 Å². The molecule has 0 amide bonds. The average Bonchev–Trinajstić information content (AvgIpc) is 2.32. The van der Waals surface area contributed by atoms with Gasteiger partial charge in [-0.1, -0.05) is 26.7 Å². The third-order valence-electron chi connectivity index (χ3n) is 3.85. The van der Waals surface area contributed by atoms with Gasteiger partial charge in [0.1, 0.15) is 0 Å². The Kier molecular flexibility index (Phi) is 3.55. The van der Waals surface area contributed by atoms with Crippen LogP contribution in [0.5, 0.6) is 0 Å². The number of anilines is 1. The van der Waals surface area contributed by atoms with Crippen LogP contribution >= 0.6 is 0 Å². The van der Waals surface area contributed by atoms with Crippen LogP contribution in [-0.2, 0) is 0 Å². The number of rotatable bonds is 3. The van der Waals surface area contributed by atoms with Crippen LogP contribution in [0, 0.1) is 5.41 Å². The molecule has 2 rings (SSSR count). The van der Waals surface area contributed by atoms with E-state index in [4.69, 9.17) is 5.11 Å². The van der Waals surface area contributed by atoms with E-state index in [1.807, 2.05) is 0 Å². The van der Waals surface area contributed by atoms with E-state index in [-0.39, 0.29) is 11.1 Å². The van der Waals surface area contributed by atoms with Crippen LogP contribution in [-0.4, -0.2) is 22.1 Å². The average molecular weight is 248 g/mol. The van der Waals surface area contributed by atoms with Gasteiger partial charge in [0.2, 0.25) is 0 Å². The van der Waals surface area contributed by atoms with E-state index < -0.39 is 5.97 Å². The minimum Gasteiger partial charge on any atom is -0.476 e. The van der Waals surface area contributed by atoms with Crippen molar-refractivity contribution in [2.75, 3.05) is 5.32 Å². The van der Waals surface area contributed by atoms with Gasteiger partial charge in [-0.3, -0.25) is 0 Å². The lowest BCUT2D eigenvalue weighted by atomic mass is 9.73. The van der Waals surface area contributed by atoms with E-state index in [1.54, 1.807) is 12.1 Å². The molecular weight excluding hydrogens is 228 g/mol. The highest BCUT2D eigenvalue weighted by atomic mass is 16.4. The summed E-state index contributed by atoms with van der Waals surface area (Å²) in [7, 11) is 0. The number of hydrogen-bond donors (Lipinski definition) is 2. The van der Waals surface area contributed by atoms with Crippen molar-refractivity contribution in [2.45, 2.75) is 45.6 Å². The van der Waals surface area contributed by atoms with Crippen molar-refractivity contribution in [3.8, 4) is 0 Å². The van der Waals surface area contributed by atoms with Crippen molar-refractivity contribution in [2.24, 2.45) is 5.41 Å². The molecule has 0 aromatic carbocycles. The molecule has 98 valence electrons. The summed E-state index contributed by atoms with van der Waals surface area (Å²) in [5.41, 5.74) is 0.938. The SMILES string of the molecule is CC1(C)CCCCC1Nc1cccnc1C(=O)O. The number of carboxylic acids is 1. The van der Waals surface area contributed by atoms with Crippen LogP contribution in [0.1, 0.15) is 50.0 Å². The van der Waals surface area contributed by atoms with Gasteiger partial charge in [-0.05, 0) is 30.4 Å². The number of nitrogens with zero attached hydrogens (tertiary/aromatic N) is 1. The fourth-order valence-electron chi connectivity index (χ4n) is 2.64. The molecule has 1 saturated carbocycles. The largest absolute Gasteiger partial charge is 0.476 e. The van der Waals surface area contributed by atoms with Crippen molar-refractivity contribution in [3.05, 3.63) is 24.0 Å². The Morgan fingerprint density at radius 1 is 1.50 bits per heavy atom. The second-order valence-corrected chi connectivity index (χ2v) is 5.64. The fraction of sp³-hybridized carbons (Fsp3) is 0.571. The Labute approximate surface area is 107 Å². The summed E-state index contributed by atoms with van der Waals surface area (Å²) in [5, 5.41) is 12.5. The maximum atomic E-state index is 11.1. The van der Waals surface area contributed by atoms with Gasteiger partial charge in [-0.25, -0.2) is 9.78 Å². The summed E-state index contributed by atoms with van der Waals surface area (Å²) < 4.78 is 0. The highest BCUT2D eigenvalue weighted by Gasteiger charge is 2.32. The molecule has 1 atom stereocenters. The van der Waals surface area contributed by atoms with Crippen molar-refractivity contribution in [1.29, 1.82) is 0 Å². The van der Waals surface area contributed by atoms with Gasteiger partial charge in [0.15, 0.2) is 5.69 Å². The van der Waals surface area contributed by atoms with Crippen LogP contribution in [0.4, 0.5) is 5.69 Å². The number of carboxylic acid groups (broad SMARTS) is 1. The lowest BCUT2D eigenvalue weighted by Crippen LogP contribution is -2.39. The van der Waals surface area contributed by atoms with Gasteiger partial charge in [0.25, 0.3) is 0 Å². The minimum atomic E-state index is -0.980. The summed E-state index contributed by atoms with van der Waals surface area (Å²) >= 11 is 0. The van der Waals surface area contributed by atoms with Gasteiger partial charge in [-0.2, -0.15) is 0 Å². The lowest BCUT2D eigenvalue weighted by molar-refractivity contribution is 0.0691. The molecule has 1 unspecified atom stereocenters. The molecule has 4 heteroatoms. The van der Waals surface area contributed by atoms with Crippen LogP contribution in [0.25, 0.3) is 0 Å². The molecule has 0 spiro atoms. The second-order valence-electron chi connectivity index (χ2n) is 5.64. The van der Waals surface area contributed by atoms with E-state index in [9.17, 15) is 4.79 Å². The van der Waals surface area contributed by atoms with Crippen LogP contribution in [0.15, 0.2) is 18.3 Å². The van der Waals surface area contributed by atoms with Gasteiger partial charge >= 0.3 is 5.97 Å². The molecule has 2 N–H and O–H groups in total. The zero-order valence-corrected chi connectivity index (χ0v) is 10.9. The highest BCUT2D eigenvalue weighted by molar-refractivity contribution is 5.91. The van der Waals surface area contributed by atoms with Gasteiger partial charge in [0, 0.05) is 12.2 Å². The van der Waals surface area contributed by atoms with Crippen molar-refractivity contribution >= 4 is 11.7 Å². The quantitative estimate of drug-likeness (QED) is 0.862. The van der Waals surface area contributed by atoms with Crippen LogP contribution in [0.2, 0.25) is 0 Å². The summed E-state index contributed by atoms with van der Waals surface area (Å²) in [5.74, 6) is -0.980. The van der Waals surface area contributed by atoms with Crippen molar-refractivity contribution in [3.63, 3.8) is 0 Å². The molecule has 1 heterocycles. The van der Waals surface area contributed by atoms with Crippen LogP contribution in [0.3, 0.4) is 0 Å². The van der Waals surface area contributed by atoms with Gasteiger partial charge < -0.3 is 10.4 Å². The Morgan fingerprint density at radius 3 is 2.94 bits per heavy atom. The first-order valence-electron chi connectivity index (χ1n) is 6.45. The van der Waals surface area contributed by atoms with Gasteiger partial charge in [-0.15, -0.1) is 0 Å². The molecule has 1 fully saturated rings. The van der Waals surface area contributed by atoms with E-state index in [0.29, 0.717) is 11.7 Å². The molecule has 0 saturated heterocycles. The number of carbonyl (C=O) groups is 1. The normalized spacial score (nSPS) is 22.4. The Hall–Kier alpha value is -1.58. The molecule has 1 aliphatic carbocycles. The Balaban J connectivity index is 2.21. The molecule has 0 bridgehead atoms. The maximum absolute atomic E-state index is 11.1. The molecule has 0 aliphatic heterocycles. The number of hydrogen-bond acceptors (Lipinski definition) is 3. The maximum Gasteiger partial charge on any atom is 0.356 e. The zero-order chi connectivity index (χ0) is 13.2. The molecule has 1 aromatic heterocycles. The third-order valence-corrected chi connectivity index (χ3v) is 3.85. The summed E-state index contributed by atoms with van der Waals surface area (Å²) in [6.45, 7) is 4.47. The zero-order valence-electron chi connectivity index (χ0n) is 10.9. The minimum absolute atomic E-state index is 0.110. The van der Waals surface area contributed by atoms with Crippen molar-refractivity contribution in [1.82, 2.24) is 4.98 Å². The molecule has 1 aromatic rings. The number of aromatic nitrogens is 1. The molecule has 0 radical (unpaired) electrons. The standard InChI is InChI=1S/C14H20N2O2/c1-14(2)8-4-3-7-11(14)16-10-6-5-9-15-12(10)13(17)18/h5-6,9,11,16H,3-4,7-8H2,1-2H3,(H,17,18). The van der Waals surface area contributed by atoms with E-state index >= 15 is 0 Å². The lowest BCUT2D eigenvalue weighted by Gasteiger charge is -2.39. The Bertz CT molecular complexity index is 443. The third kappa shape index (κ3) is 2.63. The molecule has 4 nitrogen and oxygen atoms in total. The topological polar surface area (TPSA) is 62.2 Å². The monoisotopic (exact) mass is 248 g/mol. The van der Waals surface area contributed by atoms with Crippen LogP contribution < -0.4 is 5.32 Å². The van der Waals surface area contributed by atoms with E-state index in [1.165, 1.54) is 25.5 Å². The molecule has 18 heavy (non-hydrogen) atoms. The second kappa shape index (κ2) is 4.96. The summed E-state index contributed by atoms with van der Waals surface area (Å²) in [6.07, 6.45) is 6.22. The highest BCUT2D eigenvalue weighted by Crippen LogP contribution is 2.37. The Morgan fingerprint density at radius 2 is 2.28 bits per heavy atom. The molecular formula is C14H20N2O2. The summed E-state index contributed by atoms with van der Waals surface area (Å²) in [4.78, 5) is 15.1. The molecule has 1 aliphatic rings. The predicted octanol–water partition coefficient (Wildman–Crippen LogP) is 3.16. The number of aromatic carboxylic acids is 1. The summed E-state index contributed by atoms with van der Waals surface area (Å²) in [6, 6.07) is 3.87. The fourth-order valence-corrected chi connectivity index (χ4v) is 2.64. The first-order chi connectivity index (χ1) is 8.50. The van der Waals surface area contributed by atoms with E-state index in [2.05, 4.69) is 24.1 Å². The van der Waals surface area contributed by atoms with Gasteiger partial charge in [0.05, 0.1) is 5.69 Å². The number of pyridine rings is 1. The number of nitrogens with one attached hydrogen (secondary N) is 1. The smallest absolute Gasteiger partial charge is 0.356 e. The first-order valence-corrected chi connectivity index (χ1v) is 6.45.